The van der Waals surface area contributed by atoms with Gasteiger partial charge < -0.3 is 4.90 Å². The van der Waals surface area contributed by atoms with Crippen LogP contribution in [0.2, 0.25) is 0 Å². The summed E-state index contributed by atoms with van der Waals surface area (Å²) in [6.45, 7) is 6.78. The van der Waals surface area contributed by atoms with E-state index in [4.69, 9.17) is 0 Å². The molecule has 2 rings (SSSR count). The van der Waals surface area contributed by atoms with Crippen molar-refractivity contribution in [3.8, 4) is 0 Å². The largest absolute Gasteiger partial charge is 0.342 e. The molecule has 1 N–H and O–H groups in total. The SMILES string of the molecule is Cc1cc(C)c(S(=O)(=O)NCC(=O)N2CCCCCC2)c(C)c1. The minimum absolute atomic E-state index is 0.141. The lowest BCUT2D eigenvalue weighted by Gasteiger charge is -2.21. The van der Waals surface area contributed by atoms with Crippen LogP contribution in [0.25, 0.3) is 0 Å². The van der Waals surface area contributed by atoms with Gasteiger partial charge in [0.2, 0.25) is 15.9 Å². The van der Waals surface area contributed by atoms with Crippen LogP contribution in [0.4, 0.5) is 0 Å². The van der Waals surface area contributed by atoms with Gasteiger partial charge in [-0.25, -0.2) is 13.1 Å². The molecule has 1 aliphatic heterocycles. The summed E-state index contributed by atoms with van der Waals surface area (Å²) in [4.78, 5) is 14.3. The molecule has 0 unspecified atom stereocenters. The van der Waals surface area contributed by atoms with Crippen LogP contribution in [0, 0.1) is 20.8 Å². The molecule has 1 amide bonds. The van der Waals surface area contributed by atoms with E-state index in [2.05, 4.69) is 4.72 Å². The second-order valence-electron chi connectivity index (χ2n) is 6.35. The van der Waals surface area contributed by atoms with Crippen LogP contribution < -0.4 is 4.72 Å². The van der Waals surface area contributed by atoms with Crippen LogP contribution >= 0.6 is 0 Å². The number of rotatable bonds is 4. The molecule has 0 radical (unpaired) electrons. The summed E-state index contributed by atoms with van der Waals surface area (Å²) >= 11 is 0. The molecule has 0 aliphatic carbocycles. The quantitative estimate of drug-likeness (QED) is 0.916. The Bertz CT molecular complexity index is 652. The number of nitrogens with one attached hydrogen (secondary N) is 1. The van der Waals surface area contributed by atoms with Gasteiger partial charge in [0, 0.05) is 13.1 Å². The van der Waals surface area contributed by atoms with Crippen LogP contribution in [-0.4, -0.2) is 38.9 Å². The molecule has 5 nitrogen and oxygen atoms in total. The molecule has 1 fully saturated rings. The second-order valence-corrected chi connectivity index (χ2v) is 8.05. The number of carbonyl (C=O) groups excluding carboxylic acids is 1. The zero-order valence-corrected chi connectivity index (χ0v) is 15.0. The molecule has 0 atom stereocenters. The number of hydrogen-bond donors (Lipinski definition) is 1. The molecule has 0 aromatic heterocycles. The van der Waals surface area contributed by atoms with E-state index in [0.717, 1.165) is 44.3 Å². The predicted molar refractivity (Wildman–Crippen MR) is 90.9 cm³/mol. The number of benzene rings is 1. The molecule has 1 aliphatic rings. The summed E-state index contributed by atoms with van der Waals surface area (Å²) in [5, 5.41) is 0. The van der Waals surface area contributed by atoms with Gasteiger partial charge in [0.05, 0.1) is 11.4 Å². The Morgan fingerprint density at radius 2 is 1.57 bits per heavy atom. The Hall–Kier alpha value is -1.40. The van der Waals surface area contributed by atoms with E-state index in [1.54, 1.807) is 18.7 Å². The van der Waals surface area contributed by atoms with Gasteiger partial charge in [-0.3, -0.25) is 4.79 Å². The van der Waals surface area contributed by atoms with Gasteiger partial charge in [0.15, 0.2) is 0 Å². The van der Waals surface area contributed by atoms with Crippen LogP contribution in [-0.2, 0) is 14.8 Å². The van der Waals surface area contributed by atoms with E-state index < -0.39 is 10.0 Å². The summed E-state index contributed by atoms with van der Waals surface area (Å²) < 4.78 is 27.6. The third-order valence-electron chi connectivity index (χ3n) is 4.25. The third-order valence-corrected chi connectivity index (χ3v) is 5.95. The number of aryl methyl sites for hydroxylation is 3. The number of nitrogens with zero attached hydrogens (tertiary/aromatic N) is 1. The topological polar surface area (TPSA) is 66.5 Å². The van der Waals surface area contributed by atoms with Crippen molar-refractivity contribution in [2.75, 3.05) is 19.6 Å². The monoisotopic (exact) mass is 338 g/mol. The lowest BCUT2D eigenvalue weighted by molar-refractivity contribution is -0.129. The first kappa shape index (κ1) is 17.9. The minimum atomic E-state index is -3.68. The lowest BCUT2D eigenvalue weighted by Crippen LogP contribution is -2.40. The van der Waals surface area contributed by atoms with Crippen molar-refractivity contribution < 1.29 is 13.2 Å². The molecule has 1 saturated heterocycles. The summed E-state index contributed by atoms with van der Waals surface area (Å²) in [5.74, 6) is -0.141. The Morgan fingerprint density at radius 1 is 1.04 bits per heavy atom. The van der Waals surface area contributed by atoms with E-state index in [9.17, 15) is 13.2 Å². The second kappa shape index (κ2) is 7.45. The summed E-state index contributed by atoms with van der Waals surface area (Å²) in [7, 11) is -3.68. The molecule has 128 valence electrons. The summed E-state index contributed by atoms with van der Waals surface area (Å²) in [6.07, 6.45) is 4.26. The van der Waals surface area contributed by atoms with Gasteiger partial charge in [0.25, 0.3) is 0 Å². The smallest absolute Gasteiger partial charge is 0.241 e. The first-order valence-corrected chi connectivity index (χ1v) is 9.65. The fraction of sp³-hybridized carbons (Fsp3) is 0.588. The van der Waals surface area contributed by atoms with Crippen molar-refractivity contribution in [1.29, 1.82) is 0 Å². The molecule has 0 spiro atoms. The predicted octanol–water partition coefficient (Wildman–Crippen LogP) is 2.29. The van der Waals surface area contributed by atoms with Crippen molar-refractivity contribution in [2.45, 2.75) is 51.3 Å². The van der Waals surface area contributed by atoms with Crippen molar-refractivity contribution in [3.63, 3.8) is 0 Å². The van der Waals surface area contributed by atoms with E-state index in [0.29, 0.717) is 11.1 Å². The molecule has 1 aromatic rings. The van der Waals surface area contributed by atoms with Crippen molar-refractivity contribution in [3.05, 3.63) is 28.8 Å². The molecular weight excluding hydrogens is 312 g/mol. The van der Waals surface area contributed by atoms with Crippen molar-refractivity contribution in [1.82, 2.24) is 9.62 Å². The molecule has 1 aromatic carbocycles. The van der Waals surface area contributed by atoms with E-state index >= 15 is 0 Å². The zero-order chi connectivity index (χ0) is 17.0. The van der Waals surface area contributed by atoms with Gasteiger partial charge in [-0.1, -0.05) is 30.5 Å². The number of likely N-dealkylation sites (tertiary alicyclic amines) is 1. The molecule has 6 heteroatoms. The first-order chi connectivity index (χ1) is 10.8. The first-order valence-electron chi connectivity index (χ1n) is 8.16. The van der Waals surface area contributed by atoms with E-state index in [-0.39, 0.29) is 17.3 Å². The van der Waals surface area contributed by atoms with Gasteiger partial charge >= 0.3 is 0 Å². The zero-order valence-electron chi connectivity index (χ0n) is 14.2. The number of hydrogen-bond acceptors (Lipinski definition) is 3. The maximum atomic E-state index is 12.6. The Kier molecular flexibility index (Phi) is 5.81. The standard InChI is InChI=1S/C17H26N2O3S/c1-13-10-14(2)17(15(3)11-13)23(21,22)18-12-16(20)19-8-6-4-5-7-9-19/h10-11,18H,4-9,12H2,1-3H3. The number of carbonyl (C=O) groups is 1. The summed E-state index contributed by atoms with van der Waals surface area (Å²) in [5.41, 5.74) is 2.44. The molecule has 0 saturated carbocycles. The fourth-order valence-electron chi connectivity index (χ4n) is 3.25. The van der Waals surface area contributed by atoms with Crippen LogP contribution in [0.3, 0.4) is 0 Å². The highest BCUT2D eigenvalue weighted by Gasteiger charge is 2.22. The average Bonchev–Trinajstić information content (AvgIpc) is 2.72. The fourth-order valence-corrected chi connectivity index (χ4v) is 4.67. The maximum Gasteiger partial charge on any atom is 0.241 e. The van der Waals surface area contributed by atoms with Crippen LogP contribution in [0.1, 0.15) is 42.4 Å². The number of amides is 1. The lowest BCUT2D eigenvalue weighted by atomic mass is 10.1. The molecule has 1 heterocycles. The van der Waals surface area contributed by atoms with Gasteiger partial charge in [0.1, 0.15) is 0 Å². The molecule has 23 heavy (non-hydrogen) atoms. The maximum absolute atomic E-state index is 12.6. The third kappa shape index (κ3) is 4.54. The van der Waals surface area contributed by atoms with E-state index in [1.165, 1.54) is 0 Å². The number of sulfonamides is 1. The van der Waals surface area contributed by atoms with Gasteiger partial charge in [-0.15, -0.1) is 0 Å². The highest BCUT2D eigenvalue weighted by atomic mass is 32.2. The Morgan fingerprint density at radius 3 is 2.09 bits per heavy atom. The average molecular weight is 338 g/mol. The normalized spacial score (nSPS) is 16.2. The summed E-state index contributed by atoms with van der Waals surface area (Å²) in [6, 6.07) is 3.69. The van der Waals surface area contributed by atoms with Crippen LogP contribution in [0.5, 0.6) is 0 Å². The highest BCUT2D eigenvalue weighted by Crippen LogP contribution is 2.21. The highest BCUT2D eigenvalue weighted by molar-refractivity contribution is 7.89. The van der Waals surface area contributed by atoms with Gasteiger partial charge in [-0.05, 0) is 44.7 Å². The van der Waals surface area contributed by atoms with E-state index in [1.807, 2.05) is 19.1 Å². The van der Waals surface area contributed by atoms with Crippen LogP contribution in [0.15, 0.2) is 17.0 Å². The van der Waals surface area contributed by atoms with Crippen molar-refractivity contribution >= 4 is 15.9 Å². The minimum Gasteiger partial charge on any atom is -0.342 e. The van der Waals surface area contributed by atoms with Gasteiger partial charge in [-0.2, -0.15) is 0 Å². The molecular formula is C17H26N2O3S. The van der Waals surface area contributed by atoms with Crippen molar-refractivity contribution in [2.24, 2.45) is 0 Å². The Labute approximate surface area is 139 Å². The Balaban J connectivity index is 2.08. The molecule has 0 bridgehead atoms.